The number of hydrogen-bond acceptors (Lipinski definition) is 5. The molecule has 0 aliphatic carbocycles. The van der Waals surface area contributed by atoms with Crippen molar-refractivity contribution >= 4 is 23.1 Å². The van der Waals surface area contributed by atoms with E-state index in [2.05, 4.69) is 24.0 Å². The van der Waals surface area contributed by atoms with Crippen LogP contribution < -0.4 is 0 Å². The van der Waals surface area contributed by atoms with Gasteiger partial charge < -0.3 is 14.7 Å². The van der Waals surface area contributed by atoms with Crippen LogP contribution in [-0.2, 0) is 11.2 Å². The Morgan fingerprint density at radius 1 is 1.09 bits per heavy atom. The maximum Gasteiger partial charge on any atom is 0.273 e. The molecule has 2 aliphatic rings. The van der Waals surface area contributed by atoms with Crippen LogP contribution in [0.25, 0.3) is 16.8 Å². The second kappa shape index (κ2) is 13.6. The van der Waals surface area contributed by atoms with Gasteiger partial charge in [0.2, 0.25) is 0 Å². The average molecular weight is 620 g/mol. The van der Waals surface area contributed by atoms with Crippen LogP contribution in [0, 0.1) is 5.82 Å². The van der Waals surface area contributed by atoms with E-state index in [0.717, 1.165) is 17.7 Å². The maximum absolute atomic E-state index is 15.8. The fourth-order valence-corrected chi connectivity index (χ4v) is 5.98. The molecule has 2 amide bonds. The van der Waals surface area contributed by atoms with Gasteiger partial charge in [-0.15, -0.1) is 0 Å². The number of rotatable bonds is 7. The molecule has 8 heteroatoms. The molecule has 0 fully saturated rings. The van der Waals surface area contributed by atoms with E-state index in [1.165, 1.54) is 23.4 Å². The van der Waals surface area contributed by atoms with Crippen molar-refractivity contribution in [2.75, 3.05) is 27.2 Å². The number of hydrogen-bond donors (Lipinski definition) is 0. The van der Waals surface area contributed by atoms with Gasteiger partial charge in [-0.3, -0.25) is 14.6 Å². The first-order valence-electron chi connectivity index (χ1n) is 15.9. The molecule has 1 unspecified atom stereocenters. The fourth-order valence-electron chi connectivity index (χ4n) is 5.98. The summed E-state index contributed by atoms with van der Waals surface area (Å²) in [7, 11) is 3.66. The zero-order valence-electron chi connectivity index (χ0n) is 27.8. The number of pyridine rings is 1. The van der Waals surface area contributed by atoms with Gasteiger partial charge in [-0.25, -0.2) is 9.38 Å². The molecular formula is C38H42FN5O2. The molecular weight excluding hydrogens is 577 g/mol. The molecule has 5 rings (SSSR count). The van der Waals surface area contributed by atoms with Crippen molar-refractivity contribution in [3.8, 4) is 11.3 Å². The first-order chi connectivity index (χ1) is 22.0. The molecule has 0 N–H and O–H groups in total. The van der Waals surface area contributed by atoms with Gasteiger partial charge in [-0.1, -0.05) is 48.9 Å². The molecule has 1 atom stereocenters. The van der Waals surface area contributed by atoms with E-state index in [-0.39, 0.29) is 17.9 Å². The summed E-state index contributed by atoms with van der Waals surface area (Å²) < 4.78 is 15.8. The SMILES string of the molecule is CCC1=CC(C(=O)N2CCc3ccccc3C2C)=N/C(=C/C(=C(C)C)c2ccc(-c3ccc(C(=O)N(C)CC)cn3)cc2F)N1C. The van der Waals surface area contributed by atoms with Crippen LogP contribution in [0.2, 0.25) is 0 Å². The van der Waals surface area contributed by atoms with Crippen LogP contribution in [0.3, 0.4) is 0 Å². The number of halogens is 1. The molecule has 1 aromatic heterocycles. The predicted molar refractivity (Wildman–Crippen MR) is 182 cm³/mol. The van der Waals surface area contributed by atoms with Crippen LogP contribution in [-0.4, -0.2) is 64.4 Å². The Hall–Kier alpha value is -4.85. The van der Waals surface area contributed by atoms with E-state index < -0.39 is 5.82 Å². The van der Waals surface area contributed by atoms with Crippen LogP contribution in [0.15, 0.2) is 95.0 Å². The van der Waals surface area contributed by atoms with Crippen molar-refractivity contribution in [2.24, 2.45) is 4.99 Å². The van der Waals surface area contributed by atoms with Gasteiger partial charge in [0.1, 0.15) is 17.3 Å². The van der Waals surface area contributed by atoms with Crippen LogP contribution in [0.4, 0.5) is 4.39 Å². The number of aromatic nitrogens is 1. The van der Waals surface area contributed by atoms with Crippen LogP contribution in [0.1, 0.15) is 74.1 Å². The largest absolute Gasteiger partial charge is 0.342 e. The number of allylic oxidation sites excluding steroid dienone is 4. The molecule has 0 bridgehead atoms. The minimum absolute atomic E-state index is 0.0597. The normalized spacial score (nSPS) is 16.9. The Bertz CT molecular complexity index is 1780. The summed E-state index contributed by atoms with van der Waals surface area (Å²) in [5.41, 5.74) is 7.48. The molecule has 2 aromatic carbocycles. The zero-order chi connectivity index (χ0) is 33.1. The van der Waals surface area contributed by atoms with E-state index in [9.17, 15) is 9.59 Å². The summed E-state index contributed by atoms with van der Waals surface area (Å²) in [5, 5.41) is 0. The van der Waals surface area contributed by atoms with E-state index in [1.54, 1.807) is 30.1 Å². The topological polar surface area (TPSA) is 69.1 Å². The van der Waals surface area contributed by atoms with Gasteiger partial charge in [-0.05, 0) is 87.6 Å². The van der Waals surface area contributed by atoms with E-state index >= 15 is 4.39 Å². The predicted octanol–water partition coefficient (Wildman–Crippen LogP) is 7.44. The summed E-state index contributed by atoms with van der Waals surface area (Å²) in [6, 6.07) is 16.7. The lowest BCUT2D eigenvalue weighted by Crippen LogP contribution is -2.43. The maximum atomic E-state index is 15.8. The number of fused-ring (bicyclic) bond motifs is 1. The van der Waals surface area contributed by atoms with Gasteiger partial charge in [-0.2, -0.15) is 0 Å². The summed E-state index contributed by atoms with van der Waals surface area (Å²) >= 11 is 0. The monoisotopic (exact) mass is 619 g/mol. The zero-order valence-corrected chi connectivity index (χ0v) is 27.8. The third-order valence-corrected chi connectivity index (χ3v) is 8.95. The second-order valence-corrected chi connectivity index (χ2v) is 12.0. The molecule has 0 saturated carbocycles. The number of carbonyl (C=O) groups excluding carboxylic acids is 2. The highest BCUT2D eigenvalue weighted by atomic mass is 19.1. The van der Waals surface area contributed by atoms with Crippen molar-refractivity contribution in [1.82, 2.24) is 19.7 Å². The molecule has 238 valence electrons. The molecule has 3 heterocycles. The van der Waals surface area contributed by atoms with Crippen LogP contribution in [0.5, 0.6) is 0 Å². The van der Waals surface area contributed by atoms with Crippen molar-refractivity contribution in [3.05, 3.63) is 118 Å². The third kappa shape index (κ3) is 6.43. The highest BCUT2D eigenvalue weighted by Gasteiger charge is 2.31. The van der Waals surface area contributed by atoms with Crippen molar-refractivity contribution in [2.45, 2.75) is 53.5 Å². The molecule has 3 aromatic rings. The second-order valence-electron chi connectivity index (χ2n) is 12.0. The van der Waals surface area contributed by atoms with Crippen molar-refractivity contribution in [3.63, 3.8) is 0 Å². The minimum Gasteiger partial charge on any atom is -0.342 e. The highest BCUT2D eigenvalue weighted by Crippen LogP contribution is 2.33. The molecule has 0 radical (unpaired) electrons. The number of aliphatic imine (C=N–C) groups is 1. The van der Waals surface area contributed by atoms with E-state index in [1.807, 2.05) is 74.9 Å². The number of nitrogens with zero attached hydrogens (tertiary/aromatic N) is 5. The highest BCUT2D eigenvalue weighted by molar-refractivity contribution is 6.43. The minimum atomic E-state index is -0.399. The molecule has 0 saturated heterocycles. The Labute approximate surface area is 271 Å². The molecule has 46 heavy (non-hydrogen) atoms. The lowest BCUT2D eigenvalue weighted by Gasteiger charge is -2.36. The smallest absolute Gasteiger partial charge is 0.273 e. The van der Waals surface area contributed by atoms with E-state index in [4.69, 9.17) is 4.99 Å². The Morgan fingerprint density at radius 2 is 1.85 bits per heavy atom. The lowest BCUT2D eigenvalue weighted by molar-refractivity contribution is -0.126. The molecule has 7 nitrogen and oxygen atoms in total. The average Bonchev–Trinajstić information content (AvgIpc) is 3.07. The third-order valence-electron chi connectivity index (χ3n) is 8.95. The lowest BCUT2D eigenvalue weighted by atomic mass is 9.93. The first kappa shape index (κ1) is 32.5. The number of carbonyl (C=O) groups is 2. The van der Waals surface area contributed by atoms with Gasteiger partial charge in [0.25, 0.3) is 11.8 Å². The number of amides is 2. The van der Waals surface area contributed by atoms with Crippen molar-refractivity contribution < 1.29 is 14.0 Å². The summed E-state index contributed by atoms with van der Waals surface area (Å²) in [6.45, 7) is 11.1. The van der Waals surface area contributed by atoms with Crippen molar-refractivity contribution in [1.29, 1.82) is 0 Å². The van der Waals surface area contributed by atoms with Gasteiger partial charge in [0.15, 0.2) is 0 Å². The van der Waals surface area contributed by atoms with Gasteiger partial charge >= 0.3 is 0 Å². The molecule has 2 aliphatic heterocycles. The van der Waals surface area contributed by atoms with E-state index in [0.29, 0.717) is 59.0 Å². The van der Waals surface area contributed by atoms with Crippen LogP contribution >= 0.6 is 0 Å². The summed E-state index contributed by atoms with van der Waals surface area (Å²) in [4.78, 5) is 41.1. The Kier molecular flexibility index (Phi) is 9.65. The first-order valence-corrected chi connectivity index (χ1v) is 15.9. The quantitative estimate of drug-likeness (QED) is 0.276. The van der Waals surface area contributed by atoms with Gasteiger partial charge in [0, 0.05) is 50.2 Å². The number of benzene rings is 2. The standard InChI is InChI=1S/C38H42FN5O2/c1-8-29-21-35(38(46)44-19-18-26-12-10-11-13-30(26)25(44)5)41-36(43(29)7)22-32(24(3)4)31-16-14-27(20-33(31)39)34-17-15-28(23-40-34)37(45)42(6)9-2/h10-17,20-23,25H,8-9,18-19H2,1-7H3/b36-22-. The Morgan fingerprint density at radius 3 is 2.50 bits per heavy atom. The summed E-state index contributed by atoms with van der Waals surface area (Å²) in [5.74, 6) is -0.0420. The Balaban J connectivity index is 1.45. The molecule has 0 spiro atoms. The fraction of sp³-hybridized carbons (Fsp3) is 0.316. The summed E-state index contributed by atoms with van der Waals surface area (Å²) in [6.07, 6.45) is 6.77. The van der Waals surface area contributed by atoms with Gasteiger partial charge in [0.05, 0.1) is 17.3 Å².